The van der Waals surface area contributed by atoms with E-state index in [2.05, 4.69) is 10.6 Å². The van der Waals surface area contributed by atoms with Crippen molar-refractivity contribution in [1.29, 1.82) is 0 Å². The number of carbonyl (C=O) groups is 1. The molecule has 8 heteroatoms. The van der Waals surface area contributed by atoms with Crippen LogP contribution in [0.1, 0.15) is 18.9 Å². The monoisotopic (exact) mass is 347 g/mol. The van der Waals surface area contributed by atoms with Crippen molar-refractivity contribution >= 4 is 33.3 Å². The van der Waals surface area contributed by atoms with Crippen LogP contribution in [0.25, 0.3) is 0 Å². The molecule has 22 heavy (non-hydrogen) atoms. The molecule has 1 rings (SSSR count). The summed E-state index contributed by atoms with van der Waals surface area (Å²) in [7, 11) is -3.19. The van der Waals surface area contributed by atoms with Crippen LogP contribution in [0.5, 0.6) is 0 Å². The van der Waals surface area contributed by atoms with Gasteiger partial charge < -0.3 is 10.6 Å². The van der Waals surface area contributed by atoms with Gasteiger partial charge in [-0.05, 0) is 31.0 Å². The number of rotatable bonds is 7. The average Bonchev–Trinajstić information content (AvgIpc) is 2.40. The Morgan fingerprint density at radius 3 is 2.59 bits per heavy atom. The van der Waals surface area contributed by atoms with E-state index in [9.17, 15) is 13.2 Å². The SMILES string of the molecule is CCN(CCCNC(=O)Nc1ccc(C)cc1Cl)S(C)(=O)=O. The van der Waals surface area contributed by atoms with Crippen LogP contribution in [-0.2, 0) is 10.0 Å². The van der Waals surface area contributed by atoms with Crippen molar-refractivity contribution in [3.05, 3.63) is 28.8 Å². The molecular formula is C14H22ClN3O3S. The van der Waals surface area contributed by atoms with Crippen molar-refractivity contribution in [1.82, 2.24) is 9.62 Å². The molecule has 0 unspecified atom stereocenters. The molecule has 0 aliphatic carbocycles. The number of sulfonamides is 1. The summed E-state index contributed by atoms with van der Waals surface area (Å²) in [4.78, 5) is 11.7. The molecule has 0 saturated heterocycles. The number of nitrogens with one attached hydrogen (secondary N) is 2. The molecule has 0 fully saturated rings. The second-order valence-electron chi connectivity index (χ2n) is 4.97. The van der Waals surface area contributed by atoms with Crippen LogP contribution in [0.2, 0.25) is 5.02 Å². The molecule has 0 aromatic heterocycles. The van der Waals surface area contributed by atoms with Crippen LogP contribution in [0.3, 0.4) is 0 Å². The predicted molar refractivity (Wildman–Crippen MR) is 89.9 cm³/mol. The van der Waals surface area contributed by atoms with Crippen LogP contribution in [-0.4, -0.2) is 44.6 Å². The highest BCUT2D eigenvalue weighted by Gasteiger charge is 2.13. The third kappa shape index (κ3) is 6.21. The molecule has 2 amide bonds. The van der Waals surface area contributed by atoms with E-state index >= 15 is 0 Å². The number of hydrogen-bond acceptors (Lipinski definition) is 3. The number of halogens is 1. The molecule has 0 heterocycles. The summed E-state index contributed by atoms with van der Waals surface area (Å²) in [5.74, 6) is 0. The smallest absolute Gasteiger partial charge is 0.319 e. The van der Waals surface area contributed by atoms with Gasteiger partial charge >= 0.3 is 6.03 Å². The van der Waals surface area contributed by atoms with E-state index in [1.54, 1.807) is 19.1 Å². The van der Waals surface area contributed by atoms with Gasteiger partial charge in [0.1, 0.15) is 0 Å². The summed E-state index contributed by atoms with van der Waals surface area (Å²) >= 11 is 6.03. The number of aryl methyl sites for hydroxylation is 1. The number of benzene rings is 1. The van der Waals surface area contributed by atoms with Gasteiger partial charge in [0.15, 0.2) is 0 Å². The fraction of sp³-hybridized carbons (Fsp3) is 0.500. The van der Waals surface area contributed by atoms with E-state index in [1.807, 2.05) is 13.0 Å². The van der Waals surface area contributed by atoms with Crippen LogP contribution < -0.4 is 10.6 Å². The molecule has 0 bridgehead atoms. The molecule has 0 radical (unpaired) electrons. The highest BCUT2D eigenvalue weighted by Crippen LogP contribution is 2.22. The minimum atomic E-state index is -3.19. The predicted octanol–water partition coefficient (Wildman–Crippen LogP) is 2.44. The number of amides is 2. The Morgan fingerprint density at radius 2 is 2.05 bits per heavy atom. The van der Waals surface area contributed by atoms with Gasteiger partial charge in [0.2, 0.25) is 10.0 Å². The molecule has 0 atom stereocenters. The highest BCUT2D eigenvalue weighted by molar-refractivity contribution is 7.88. The maximum Gasteiger partial charge on any atom is 0.319 e. The van der Waals surface area contributed by atoms with Crippen LogP contribution in [0, 0.1) is 6.92 Å². The maximum absolute atomic E-state index is 11.7. The Labute approximate surface area is 136 Å². The Morgan fingerprint density at radius 1 is 1.36 bits per heavy atom. The fourth-order valence-corrected chi connectivity index (χ4v) is 3.12. The highest BCUT2D eigenvalue weighted by atomic mass is 35.5. The lowest BCUT2D eigenvalue weighted by Crippen LogP contribution is -2.34. The summed E-state index contributed by atoms with van der Waals surface area (Å²) in [6, 6.07) is 4.99. The molecule has 0 aliphatic heterocycles. The van der Waals surface area contributed by atoms with Crippen LogP contribution in [0.15, 0.2) is 18.2 Å². The van der Waals surface area contributed by atoms with Gasteiger partial charge in [-0.3, -0.25) is 0 Å². The first-order valence-corrected chi connectivity index (χ1v) is 9.22. The van der Waals surface area contributed by atoms with Crippen molar-refractivity contribution in [3.63, 3.8) is 0 Å². The standard InChI is InChI=1S/C14H22ClN3O3S/c1-4-18(22(3,20)21)9-5-8-16-14(19)17-13-7-6-11(2)10-12(13)15/h6-7,10H,4-5,8-9H2,1-3H3,(H2,16,17,19). The normalized spacial score (nSPS) is 11.5. The summed E-state index contributed by atoms with van der Waals surface area (Å²) in [5.41, 5.74) is 1.55. The summed E-state index contributed by atoms with van der Waals surface area (Å²) < 4.78 is 24.2. The number of anilines is 1. The van der Waals surface area contributed by atoms with Gasteiger partial charge in [-0.15, -0.1) is 0 Å². The minimum absolute atomic E-state index is 0.367. The number of urea groups is 1. The quantitative estimate of drug-likeness (QED) is 0.743. The fourth-order valence-electron chi connectivity index (χ4n) is 1.90. The zero-order valence-electron chi connectivity index (χ0n) is 13.0. The third-order valence-electron chi connectivity index (χ3n) is 3.06. The van der Waals surface area contributed by atoms with E-state index in [4.69, 9.17) is 11.6 Å². The Kier molecular flexibility index (Phi) is 7.12. The molecule has 6 nitrogen and oxygen atoms in total. The first-order valence-electron chi connectivity index (χ1n) is 7.00. The summed E-state index contributed by atoms with van der Waals surface area (Å²) in [5, 5.41) is 5.81. The number of hydrogen-bond donors (Lipinski definition) is 2. The number of carbonyl (C=O) groups excluding carboxylic acids is 1. The van der Waals surface area contributed by atoms with Gasteiger partial charge in [-0.25, -0.2) is 17.5 Å². The van der Waals surface area contributed by atoms with E-state index < -0.39 is 10.0 Å². The second-order valence-corrected chi connectivity index (χ2v) is 7.36. The molecule has 124 valence electrons. The first kappa shape index (κ1) is 18.7. The van der Waals surface area contributed by atoms with Crippen molar-refractivity contribution in [2.45, 2.75) is 20.3 Å². The largest absolute Gasteiger partial charge is 0.338 e. The molecule has 0 spiro atoms. The summed E-state index contributed by atoms with van der Waals surface area (Å²) in [6.07, 6.45) is 1.71. The van der Waals surface area contributed by atoms with Crippen molar-refractivity contribution in [2.24, 2.45) is 0 Å². The first-order chi connectivity index (χ1) is 10.2. The van der Waals surface area contributed by atoms with Crippen molar-refractivity contribution in [2.75, 3.05) is 31.2 Å². The van der Waals surface area contributed by atoms with Crippen molar-refractivity contribution < 1.29 is 13.2 Å². The lowest BCUT2D eigenvalue weighted by molar-refractivity contribution is 0.251. The summed E-state index contributed by atoms with van der Waals surface area (Å²) in [6.45, 7) is 4.86. The van der Waals surface area contributed by atoms with Gasteiger partial charge in [-0.1, -0.05) is 24.6 Å². The van der Waals surface area contributed by atoms with Crippen LogP contribution in [0.4, 0.5) is 10.5 Å². The number of nitrogens with zero attached hydrogens (tertiary/aromatic N) is 1. The van der Waals surface area contributed by atoms with E-state index in [-0.39, 0.29) is 6.03 Å². The maximum atomic E-state index is 11.7. The topological polar surface area (TPSA) is 78.5 Å². The Balaban J connectivity index is 2.38. The van der Waals surface area contributed by atoms with E-state index in [1.165, 1.54) is 10.6 Å². The van der Waals surface area contributed by atoms with Crippen molar-refractivity contribution in [3.8, 4) is 0 Å². The molecular weight excluding hydrogens is 326 g/mol. The Hall–Kier alpha value is -1.31. The zero-order chi connectivity index (χ0) is 16.8. The third-order valence-corrected chi connectivity index (χ3v) is 4.76. The molecule has 0 aliphatic rings. The minimum Gasteiger partial charge on any atom is -0.338 e. The lowest BCUT2D eigenvalue weighted by atomic mass is 10.2. The molecule has 1 aromatic carbocycles. The molecule has 0 saturated carbocycles. The molecule has 2 N–H and O–H groups in total. The second kappa shape index (κ2) is 8.36. The zero-order valence-corrected chi connectivity index (χ0v) is 14.6. The lowest BCUT2D eigenvalue weighted by Gasteiger charge is -2.17. The van der Waals surface area contributed by atoms with Gasteiger partial charge in [0.25, 0.3) is 0 Å². The average molecular weight is 348 g/mol. The van der Waals surface area contributed by atoms with Crippen LogP contribution >= 0.6 is 11.6 Å². The van der Waals surface area contributed by atoms with Gasteiger partial charge in [0.05, 0.1) is 17.0 Å². The Bertz CT molecular complexity index is 620. The van der Waals surface area contributed by atoms with Gasteiger partial charge in [0, 0.05) is 19.6 Å². The molecule has 1 aromatic rings. The van der Waals surface area contributed by atoms with Gasteiger partial charge in [-0.2, -0.15) is 0 Å². The van der Waals surface area contributed by atoms with E-state index in [0.717, 1.165) is 5.56 Å². The van der Waals surface area contributed by atoms with E-state index in [0.29, 0.717) is 36.8 Å².